The first-order chi connectivity index (χ1) is 5.06. The van der Waals surface area contributed by atoms with E-state index in [9.17, 15) is 0 Å². The Kier molecular flexibility index (Phi) is 5.62. The van der Waals surface area contributed by atoms with Gasteiger partial charge in [0.15, 0.2) is 0 Å². The van der Waals surface area contributed by atoms with E-state index in [1.165, 1.54) is 32.1 Å². The van der Waals surface area contributed by atoms with Crippen molar-refractivity contribution in [1.29, 1.82) is 0 Å². The Morgan fingerprint density at radius 3 is 2.00 bits per heavy atom. The van der Waals surface area contributed by atoms with E-state index >= 15 is 0 Å². The zero-order chi connectivity index (χ0) is 8.74. The molecule has 0 aliphatic carbocycles. The second-order valence-corrected chi connectivity index (χ2v) is 4.18. The maximum Gasteiger partial charge on any atom is -0.0354 e. The van der Waals surface area contributed by atoms with Gasteiger partial charge < -0.3 is 0 Å². The summed E-state index contributed by atoms with van der Waals surface area (Å²) < 4.78 is 0. The molecule has 0 aliphatic heterocycles. The molecule has 0 unspecified atom stereocenters. The molecule has 0 saturated carbocycles. The maximum absolute atomic E-state index is 4.08. The SMILES string of the molecule is [CH2]CCCCCCC([CH2])(C)C. The van der Waals surface area contributed by atoms with E-state index in [1.54, 1.807) is 0 Å². The molecule has 0 fully saturated rings. The van der Waals surface area contributed by atoms with E-state index in [1.807, 2.05) is 0 Å². The summed E-state index contributed by atoms with van der Waals surface area (Å²) in [5.41, 5.74) is 0.282. The number of hydrogen-bond donors (Lipinski definition) is 0. The van der Waals surface area contributed by atoms with Crippen LogP contribution in [0.4, 0.5) is 0 Å². The minimum absolute atomic E-state index is 0.282. The van der Waals surface area contributed by atoms with Gasteiger partial charge in [-0.05, 0) is 18.8 Å². The molecular weight excluding hydrogens is 132 g/mol. The molecule has 0 heterocycles. The van der Waals surface area contributed by atoms with E-state index in [2.05, 4.69) is 27.7 Å². The second-order valence-electron chi connectivity index (χ2n) is 4.18. The third kappa shape index (κ3) is 10.0. The lowest BCUT2D eigenvalue weighted by molar-refractivity contribution is 0.405. The van der Waals surface area contributed by atoms with Gasteiger partial charge in [0.1, 0.15) is 0 Å². The average molecular weight is 154 g/mol. The van der Waals surface area contributed by atoms with Crippen LogP contribution in [0.5, 0.6) is 0 Å². The molecule has 0 nitrogen and oxygen atoms in total. The highest BCUT2D eigenvalue weighted by atomic mass is 14.1. The predicted molar refractivity (Wildman–Crippen MR) is 52.2 cm³/mol. The molecule has 0 amide bonds. The van der Waals surface area contributed by atoms with Crippen LogP contribution < -0.4 is 0 Å². The summed E-state index contributed by atoms with van der Waals surface area (Å²) in [4.78, 5) is 0. The Hall–Kier alpha value is 0. The van der Waals surface area contributed by atoms with Crippen molar-refractivity contribution in [2.75, 3.05) is 0 Å². The van der Waals surface area contributed by atoms with Crippen LogP contribution in [0.15, 0.2) is 0 Å². The van der Waals surface area contributed by atoms with Crippen LogP contribution in [0.25, 0.3) is 0 Å². The van der Waals surface area contributed by atoms with Crippen LogP contribution >= 0.6 is 0 Å². The first-order valence-electron chi connectivity index (χ1n) is 4.71. The Bertz CT molecular complexity index is 76.5. The van der Waals surface area contributed by atoms with Crippen molar-refractivity contribution in [1.82, 2.24) is 0 Å². The first kappa shape index (κ1) is 11.0. The molecule has 0 saturated heterocycles. The van der Waals surface area contributed by atoms with Crippen LogP contribution in [0.1, 0.15) is 52.4 Å². The molecule has 11 heavy (non-hydrogen) atoms. The Morgan fingerprint density at radius 2 is 1.55 bits per heavy atom. The molecule has 0 aliphatic rings. The summed E-state index contributed by atoms with van der Waals surface area (Å²) in [7, 11) is 0. The maximum atomic E-state index is 4.08. The molecule has 0 bridgehead atoms. The Labute approximate surface area is 72.4 Å². The molecule has 0 aromatic heterocycles. The lowest BCUT2D eigenvalue weighted by Gasteiger charge is -2.16. The van der Waals surface area contributed by atoms with Crippen LogP contribution in [-0.2, 0) is 0 Å². The molecule has 0 spiro atoms. The molecule has 0 heteroatoms. The van der Waals surface area contributed by atoms with Crippen LogP contribution in [-0.4, -0.2) is 0 Å². The molecular formula is C11H22. The summed E-state index contributed by atoms with van der Waals surface area (Å²) in [6, 6.07) is 0. The third-order valence-corrected chi connectivity index (χ3v) is 1.85. The Morgan fingerprint density at radius 1 is 1.00 bits per heavy atom. The van der Waals surface area contributed by atoms with Crippen LogP contribution in [0.3, 0.4) is 0 Å². The van der Waals surface area contributed by atoms with Gasteiger partial charge in [0.05, 0.1) is 0 Å². The van der Waals surface area contributed by atoms with Crippen molar-refractivity contribution in [3.05, 3.63) is 13.8 Å². The normalized spacial score (nSPS) is 12.0. The highest BCUT2D eigenvalue weighted by molar-refractivity contribution is 4.69. The van der Waals surface area contributed by atoms with Gasteiger partial charge in [0.25, 0.3) is 0 Å². The van der Waals surface area contributed by atoms with E-state index in [4.69, 9.17) is 0 Å². The van der Waals surface area contributed by atoms with Gasteiger partial charge in [-0.1, -0.05) is 52.9 Å². The lowest BCUT2D eigenvalue weighted by atomic mass is 9.89. The molecule has 0 N–H and O–H groups in total. The van der Waals surface area contributed by atoms with Gasteiger partial charge in [-0.25, -0.2) is 0 Å². The standard InChI is InChI=1S/C11H22/c1-5-6-7-8-9-10-11(2,3)4/h1-2,5-10H2,3-4H3. The highest BCUT2D eigenvalue weighted by Crippen LogP contribution is 2.21. The average Bonchev–Trinajstić information content (AvgIpc) is 1.85. The third-order valence-electron chi connectivity index (χ3n) is 1.85. The Balaban J connectivity index is 3.02. The fraction of sp³-hybridized carbons (Fsp3) is 0.818. The van der Waals surface area contributed by atoms with Crippen LogP contribution in [0, 0.1) is 19.3 Å². The minimum Gasteiger partial charge on any atom is -0.0599 e. The van der Waals surface area contributed by atoms with Gasteiger partial charge in [-0.2, -0.15) is 0 Å². The second kappa shape index (κ2) is 5.62. The minimum atomic E-state index is 0.282. The number of rotatable bonds is 6. The summed E-state index contributed by atoms with van der Waals surface area (Å²) in [6.07, 6.45) is 7.67. The smallest absolute Gasteiger partial charge is 0.0354 e. The fourth-order valence-electron chi connectivity index (χ4n) is 1.13. The monoisotopic (exact) mass is 154 g/mol. The summed E-state index contributed by atoms with van der Waals surface area (Å²) in [5, 5.41) is 0. The van der Waals surface area contributed by atoms with Gasteiger partial charge in [-0.3, -0.25) is 0 Å². The van der Waals surface area contributed by atoms with Crippen molar-refractivity contribution < 1.29 is 0 Å². The quantitative estimate of drug-likeness (QED) is 0.507. The van der Waals surface area contributed by atoms with Crippen molar-refractivity contribution in [3.8, 4) is 0 Å². The molecule has 2 radical (unpaired) electrons. The molecule has 0 aromatic carbocycles. The summed E-state index contributed by atoms with van der Waals surface area (Å²) in [5.74, 6) is 0. The summed E-state index contributed by atoms with van der Waals surface area (Å²) >= 11 is 0. The lowest BCUT2D eigenvalue weighted by Crippen LogP contribution is -2.04. The molecule has 0 rings (SSSR count). The van der Waals surface area contributed by atoms with Gasteiger partial charge >= 0.3 is 0 Å². The largest absolute Gasteiger partial charge is 0.0599 e. The van der Waals surface area contributed by atoms with Crippen molar-refractivity contribution >= 4 is 0 Å². The fourth-order valence-corrected chi connectivity index (χ4v) is 1.13. The summed E-state index contributed by atoms with van der Waals surface area (Å²) in [6.45, 7) is 12.3. The van der Waals surface area contributed by atoms with Gasteiger partial charge in [-0.15, -0.1) is 0 Å². The topological polar surface area (TPSA) is 0 Å². The predicted octanol–water partition coefficient (Wildman–Crippen LogP) is 4.02. The van der Waals surface area contributed by atoms with E-state index in [-0.39, 0.29) is 5.41 Å². The zero-order valence-electron chi connectivity index (χ0n) is 8.16. The first-order valence-corrected chi connectivity index (χ1v) is 4.71. The van der Waals surface area contributed by atoms with Crippen molar-refractivity contribution in [2.24, 2.45) is 5.41 Å². The number of hydrogen-bond acceptors (Lipinski definition) is 0. The molecule has 66 valence electrons. The van der Waals surface area contributed by atoms with Crippen LogP contribution in [0.2, 0.25) is 0 Å². The number of unbranched alkanes of at least 4 members (excludes halogenated alkanes) is 4. The zero-order valence-corrected chi connectivity index (χ0v) is 8.16. The van der Waals surface area contributed by atoms with Crippen molar-refractivity contribution in [2.45, 2.75) is 52.4 Å². The van der Waals surface area contributed by atoms with E-state index < -0.39 is 0 Å². The molecule has 0 aromatic rings. The highest BCUT2D eigenvalue weighted by Gasteiger charge is 2.08. The molecule has 0 atom stereocenters. The van der Waals surface area contributed by atoms with Gasteiger partial charge in [0.2, 0.25) is 0 Å². The van der Waals surface area contributed by atoms with Crippen molar-refractivity contribution in [3.63, 3.8) is 0 Å². The van der Waals surface area contributed by atoms with Gasteiger partial charge in [0, 0.05) is 0 Å². The van der Waals surface area contributed by atoms with E-state index in [0.29, 0.717) is 0 Å². The van der Waals surface area contributed by atoms with E-state index in [0.717, 1.165) is 6.42 Å².